The Morgan fingerprint density at radius 2 is 2.29 bits per heavy atom. The van der Waals surface area contributed by atoms with Crippen molar-refractivity contribution in [1.29, 1.82) is 0 Å². The first kappa shape index (κ1) is 9.77. The van der Waals surface area contributed by atoms with Crippen LogP contribution in [-0.2, 0) is 6.42 Å². The Morgan fingerprint density at radius 1 is 1.43 bits per heavy atom. The van der Waals surface area contributed by atoms with Crippen LogP contribution in [0.4, 0.5) is 0 Å². The van der Waals surface area contributed by atoms with Gasteiger partial charge in [0.05, 0.1) is 16.7 Å². The number of furan rings is 1. The van der Waals surface area contributed by atoms with Crippen molar-refractivity contribution in [2.75, 3.05) is 0 Å². The molecule has 0 aliphatic heterocycles. The maximum absolute atomic E-state index is 9.80. The van der Waals surface area contributed by atoms with Crippen LogP contribution in [0.1, 0.15) is 16.7 Å². The summed E-state index contributed by atoms with van der Waals surface area (Å²) >= 11 is 7.16. The Hall–Kier alpha value is -0.770. The largest absolute Gasteiger partial charge is 0.469 e. The number of halogens is 1. The number of aliphatic hydroxyl groups is 1. The Kier molecular flexibility index (Phi) is 2.91. The van der Waals surface area contributed by atoms with Crippen LogP contribution in [0.15, 0.2) is 34.9 Å². The monoisotopic (exact) mass is 228 g/mol. The SMILES string of the molecule is OC(Cc1ccco1)c1ccc(Cl)s1. The lowest BCUT2D eigenvalue weighted by Gasteiger charge is -2.04. The average molecular weight is 229 g/mol. The summed E-state index contributed by atoms with van der Waals surface area (Å²) in [4.78, 5) is 0.867. The highest BCUT2D eigenvalue weighted by Crippen LogP contribution is 2.28. The normalized spacial score (nSPS) is 13.0. The van der Waals surface area contributed by atoms with Gasteiger partial charge in [0.2, 0.25) is 0 Å². The first-order chi connectivity index (χ1) is 6.75. The first-order valence-electron chi connectivity index (χ1n) is 4.21. The van der Waals surface area contributed by atoms with Gasteiger partial charge in [-0.25, -0.2) is 0 Å². The third-order valence-corrected chi connectivity index (χ3v) is 3.23. The number of hydrogen-bond donors (Lipinski definition) is 1. The minimum Gasteiger partial charge on any atom is -0.469 e. The van der Waals surface area contributed by atoms with E-state index in [2.05, 4.69) is 0 Å². The second-order valence-electron chi connectivity index (χ2n) is 2.94. The molecule has 2 heterocycles. The highest BCUT2D eigenvalue weighted by molar-refractivity contribution is 7.16. The van der Waals surface area contributed by atoms with Gasteiger partial charge in [-0.3, -0.25) is 0 Å². The van der Waals surface area contributed by atoms with Gasteiger partial charge in [0.1, 0.15) is 5.76 Å². The standard InChI is InChI=1S/C10H9ClO2S/c11-10-4-3-9(14-10)8(12)6-7-2-1-5-13-7/h1-5,8,12H,6H2. The quantitative estimate of drug-likeness (QED) is 0.875. The molecule has 0 spiro atoms. The fourth-order valence-corrected chi connectivity index (χ4v) is 2.27. The Bertz CT molecular complexity index is 394. The predicted molar refractivity (Wildman–Crippen MR) is 56.7 cm³/mol. The summed E-state index contributed by atoms with van der Waals surface area (Å²) in [6, 6.07) is 7.27. The van der Waals surface area contributed by atoms with Crippen molar-refractivity contribution in [2.24, 2.45) is 0 Å². The van der Waals surface area contributed by atoms with Gasteiger partial charge in [-0.15, -0.1) is 11.3 Å². The minimum absolute atomic E-state index is 0.490. The summed E-state index contributed by atoms with van der Waals surface area (Å²) in [6.07, 6.45) is 1.56. The van der Waals surface area contributed by atoms with Crippen molar-refractivity contribution in [2.45, 2.75) is 12.5 Å². The van der Waals surface area contributed by atoms with Gasteiger partial charge in [0, 0.05) is 11.3 Å². The van der Waals surface area contributed by atoms with E-state index in [1.165, 1.54) is 11.3 Å². The van der Waals surface area contributed by atoms with Crippen LogP contribution in [0.2, 0.25) is 4.34 Å². The van der Waals surface area contributed by atoms with E-state index < -0.39 is 6.10 Å². The highest BCUT2D eigenvalue weighted by Gasteiger charge is 2.12. The third-order valence-electron chi connectivity index (χ3n) is 1.90. The van der Waals surface area contributed by atoms with E-state index in [0.717, 1.165) is 10.6 Å². The lowest BCUT2D eigenvalue weighted by molar-refractivity contribution is 0.174. The molecule has 2 nitrogen and oxygen atoms in total. The smallest absolute Gasteiger partial charge is 0.106 e. The molecule has 2 aromatic heterocycles. The van der Waals surface area contributed by atoms with Gasteiger partial charge in [-0.2, -0.15) is 0 Å². The molecular weight excluding hydrogens is 220 g/mol. The van der Waals surface area contributed by atoms with Crippen LogP contribution in [0, 0.1) is 0 Å². The van der Waals surface area contributed by atoms with Gasteiger partial charge in [-0.05, 0) is 24.3 Å². The molecule has 0 aromatic carbocycles. The Morgan fingerprint density at radius 3 is 2.86 bits per heavy atom. The summed E-state index contributed by atoms with van der Waals surface area (Å²) in [5, 5.41) is 9.80. The molecular formula is C10H9ClO2S. The fraction of sp³-hybridized carbons (Fsp3) is 0.200. The summed E-state index contributed by atoms with van der Waals surface area (Å²) < 4.78 is 5.84. The van der Waals surface area contributed by atoms with Crippen LogP contribution in [0.5, 0.6) is 0 Å². The molecule has 1 N–H and O–H groups in total. The van der Waals surface area contributed by atoms with Crippen molar-refractivity contribution in [3.05, 3.63) is 45.5 Å². The topological polar surface area (TPSA) is 33.4 Å². The maximum Gasteiger partial charge on any atom is 0.106 e. The summed E-state index contributed by atoms with van der Waals surface area (Å²) in [5.41, 5.74) is 0. The zero-order valence-electron chi connectivity index (χ0n) is 7.31. The van der Waals surface area contributed by atoms with Crippen LogP contribution >= 0.6 is 22.9 Å². The highest BCUT2D eigenvalue weighted by atomic mass is 35.5. The number of thiophene rings is 1. The van der Waals surface area contributed by atoms with Gasteiger partial charge in [0.25, 0.3) is 0 Å². The van der Waals surface area contributed by atoms with Crippen molar-refractivity contribution in [3.63, 3.8) is 0 Å². The molecule has 0 aliphatic rings. The van der Waals surface area contributed by atoms with E-state index in [1.54, 1.807) is 12.3 Å². The zero-order valence-corrected chi connectivity index (χ0v) is 8.89. The molecule has 4 heteroatoms. The summed E-state index contributed by atoms with van der Waals surface area (Å²) in [5.74, 6) is 0.780. The van der Waals surface area contributed by atoms with Gasteiger partial charge < -0.3 is 9.52 Å². The van der Waals surface area contributed by atoms with E-state index in [1.807, 2.05) is 18.2 Å². The van der Waals surface area contributed by atoms with Gasteiger partial charge in [0.15, 0.2) is 0 Å². The molecule has 0 saturated heterocycles. The second-order valence-corrected chi connectivity index (χ2v) is 4.69. The summed E-state index contributed by atoms with van der Waals surface area (Å²) in [6.45, 7) is 0. The van der Waals surface area contributed by atoms with E-state index in [-0.39, 0.29) is 0 Å². The first-order valence-corrected chi connectivity index (χ1v) is 5.41. The maximum atomic E-state index is 9.80. The average Bonchev–Trinajstić information content (AvgIpc) is 2.75. The molecule has 14 heavy (non-hydrogen) atoms. The van der Waals surface area contributed by atoms with Gasteiger partial charge in [-0.1, -0.05) is 11.6 Å². The zero-order chi connectivity index (χ0) is 9.97. The number of hydrogen-bond acceptors (Lipinski definition) is 3. The molecule has 1 unspecified atom stereocenters. The minimum atomic E-state index is -0.529. The predicted octanol–water partition coefficient (Wildman–Crippen LogP) is 3.27. The van der Waals surface area contributed by atoms with E-state index in [4.69, 9.17) is 16.0 Å². The van der Waals surface area contributed by atoms with Crippen molar-refractivity contribution >= 4 is 22.9 Å². The lowest BCUT2D eigenvalue weighted by Crippen LogP contribution is -1.97. The Labute approximate surface area is 90.8 Å². The van der Waals surface area contributed by atoms with Crippen LogP contribution in [0.3, 0.4) is 0 Å². The van der Waals surface area contributed by atoms with Crippen molar-refractivity contribution in [1.82, 2.24) is 0 Å². The molecule has 0 bridgehead atoms. The van der Waals surface area contributed by atoms with Crippen LogP contribution in [-0.4, -0.2) is 5.11 Å². The molecule has 74 valence electrons. The molecule has 0 radical (unpaired) electrons. The van der Waals surface area contributed by atoms with Crippen molar-refractivity contribution < 1.29 is 9.52 Å². The number of aliphatic hydroxyl groups excluding tert-OH is 1. The fourth-order valence-electron chi connectivity index (χ4n) is 1.23. The second kappa shape index (κ2) is 4.17. The van der Waals surface area contributed by atoms with E-state index in [9.17, 15) is 5.11 Å². The number of rotatable bonds is 3. The van der Waals surface area contributed by atoms with E-state index in [0.29, 0.717) is 10.8 Å². The lowest BCUT2D eigenvalue weighted by atomic mass is 10.2. The van der Waals surface area contributed by atoms with Crippen LogP contribution in [0.25, 0.3) is 0 Å². The molecule has 0 saturated carbocycles. The third kappa shape index (κ3) is 2.18. The van der Waals surface area contributed by atoms with Crippen molar-refractivity contribution in [3.8, 4) is 0 Å². The molecule has 2 aromatic rings. The van der Waals surface area contributed by atoms with Gasteiger partial charge >= 0.3 is 0 Å². The molecule has 1 atom stereocenters. The molecule has 0 amide bonds. The van der Waals surface area contributed by atoms with Crippen LogP contribution < -0.4 is 0 Å². The molecule has 0 fully saturated rings. The molecule has 0 aliphatic carbocycles. The van der Waals surface area contributed by atoms with E-state index >= 15 is 0 Å². The summed E-state index contributed by atoms with van der Waals surface area (Å²) in [7, 11) is 0. The molecule has 2 rings (SSSR count). The Balaban J connectivity index is 2.06.